The van der Waals surface area contributed by atoms with Crippen LogP contribution in [-0.4, -0.2) is 28.1 Å². The summed E-state index contributed by atoms with van der Waals surface area (Å²) >= 11 is 0. The van der Waals surface area contributed by atoms with Crippen LogP contribution in [0.1, 0.15) is 53.4 Å². The number of aromatic nitrogens is 2. The standard InChI is InChI=1S/C15H26N4/c1-5-12-8-6-7-9-19(12)14-10-13(16-11-17-14)18-15(2,3)4/h10-12H,5-9H2,1-4H3,(H,16,17,18). The molecular formula is C15H26N4. The van der Waals surface area contributed by atoms with Crippen molar-refractivity contribution in [2.24, 2.45) is 0 Å². The van der Waals surface area contributed by atoms with Crippen molar-refractivity contribution in [2.75, 3.05) is 16.8 Å². The summed E-state index contributed by atoms with van der Waals surface area (Å²) < 4.78 is 0. The SMILES string of the molecule is CCC1CCCCN1c1cc(NC(C)(C)C)ncn1. The molecule has 4 nitrogen and oxygen atoms in total. The van der Waals surface area contributed by atoms with Gasteiger partial charge in [-0.2, -0.15) is 0 Å². The molecule has 1 unspecified atom stereocenters. The zero-order valence-corrected chi connectivity index (χ0v) is 12.6. The van der Waals surface area contributed by atoms with Crippen molar-refractivity contribution in [3.05, 3.63) is 12.4 Å². The molecule has 0 aliphatic carbocycles. The molecule has 0 spiro atoms. The third-order valence-corrected chi connectivity index (χ3v) is 3.55. The highest BCUT2D eigenvalue weighted by Crippen LogP contribution is 2.26. The van der Waals surface area contributed by atoms with Crippen LogP contribution in [0.2, 0.25) is 0 Å². The van der Waals surface area contributed by atoms with Gasteiger partial charge >= 0.3 is 0 Å². The number of piperidine rings is 1. The fourth-order valence-corrected chi connectivity index (χ4v) is 2.68. The molecule has 1 aromatic rings. The maximum absolute atomic E-state index is 4.47. The first-order chi connectivity index (χ1) is 8.99. The predicted octanol–water partition coefficient (Wildman–Crippen LogP) is 3.46. The second-order valence-electron chi connectivity index (χ2n) is 6.39. The Morgan fingerprint density at radius 3 is 2.79 bits per heavy atom. The lowest BCUT2D eigenvalue weighted by Crippen LogP contribution is -2.39. The molecule has 19 heavy (non-hydrogen) atoms. The molecule has 0 saturated carbocycles. The predicted molar refractivity (Wildman–Crippen MR) is 80.7 cm³/mol. The molecule has 1 aliphatic heterocycles. The van der Waals surface area contributed by atoms with E-state index in [0.717, 1.165) is 18.2 Å². The van der Waals surface area contributed by atoms with Crippen molar-refractivity contribution in [3.63, 3.8) is 0 Å². The summed E-state index contributed by atoms with van der Waals surface area (Å²) in [7, 11) is 0. The highest BCUT2D eigenvalue weighted by molar-refractivity contribution is 5.50. The Balaban J connectivity index is 2.17. The Morgan fingerprint density at radius 2 is 2.11 bits per heavy atom. The average molecular weight is 262 g/mol. The average Bonchev–Trinajstić information content (AvgIpc) is 2.37. The zero-order valence-electron chi connectivity index (χ0n) is 12.6. The Labute approximate surface area is 116 Å². The van der Waals surface area contributed by atoms with Crippen LogP contribution in [0.15, 0.2) is 12.4 Å². The van der Waals surface area contributed by atoms with E-state index in [0.29, 0.717) is 6.04 Å². The topological polar surface area (TPSA) is 41.0 Å². The summed E-state index contributed by atoms with van der Waals surface area (Å²) in [5.74, 6) is 1.98. The number of nitrogens with zero attached hydrogens (tertiary/aromatic N) is 3. The highest BCUT2D eigenvalue weighted by Gasteiger charge is 2.22. The molecule has 4 heteroatoms. The summed E-state index contributed by atoms with van der Waals surface area (Å²) in [6, 6.07) is 2.71. The minimum atomic E-state index is 0.0255. The molecule has 1 aliphatic rings. The molecular weight excluding hydrogens is 236 g/mol. The molecule has 0 amide bonds. The molecule has 2 heterocycles. The molecule has 1 atom stereocenters. The zero-order chi connectivity index (χ0) is 13.9. The molecule has 1 fully saturated rings. The smallest absolute Gasteiger partial charge is 0.134 e. The van der Waals surface area contributed by atoms with E-state index >= 15 is 0 Å². The van der Waals surface area contributed by atoms with Gasteiger partial charge < -0.3 is 10.2 Å². The lowest BCUT2D eigenvalue weighted by Gasteiger charge is -2.36. The van der Waals surface area contributed by atoms with Gasteiger partial charge in [-0.25, -0.2) is 9.97 Å². The van der Waals surface area contributed by atoms with E-state index in [9.17, 15) is 0 Å². The number of hydrogen-bond acceptors (Lipinski definition) is 4. The first-order valence-electron chi connectivity index (χ1n) is 7.36. The maximum atomic E-state index is 4.47. The fourth-order valence-electron chi connectivity index (χ4n) is 2.68. The third-order valence-electron chi connectivity index (χ3n) is 3.55. The van der Waals surface area contributed by atoms with Crippen molar-refractivity contribution in [3.8, 4) is 0 Å². The van der Waals surface area contributed by atoms with E-state index in [4.69, 9.17) is 0 Å². The van der Waals surface area contributed by atoms with E-state index in [2.05, 4.69) is 53.9 Å². The van der Waals surface area contributed by atoms with Crippen LogP contribution >= 0.6 is 0 Å². The van der Waals surface area contributed by atoms with Gasteiger partial charge in [-0.05, 0) is 46.5 Å². The molecule has 0 aromatic carbocycles. The quantitative estimate of drug-likeness (QED) is 0.905. The number of nitrogens with one attached hydrogen (secondary N) is 1. The first-order valence-corrected chi connectivity index (χ1v) is 7.36. The van der Waals surface area contributed by atoms with Crippen molar-refractivity contribution >= 4 is 11.6 Å². The van der Waals surface area contributed by atoms with E-state index in [-0.39, 0.29) is 5.54 Å². The van der Waals surface area contributed by atoms with Gasteiger partial charge in [0.2, 0.25) is 0 Å². The molecule has 0 radical (unpaired) electrons. The Hall–Kier alpha value is -1.32. The number of anilines is 2. The van der Waals surface area contributed by atoms with Crippen LogP contribution in [0.5, 0.6) is 0 Å². The van der Waals surface area contributed by atoms with Crippen LogP contribution in [0.4, 0.5) is 11.6 Å². The summed E-state index contributed by atoms with van der Waals surface area (Å²) in [5.41, 5.74) is 0.0255. The van der Waals surface area contributed by atoms with Gasteiger partial charge in [-0.15, -0.1) is 0 Å². The van der Waals surface area contributed by atoms with Gasteiger partial charge in [-0.1, -0.05) is 6.92 Å². The van der Waals surface area contributed by atoms with Crippen molar-refractivity contribution < 1.29 is 0 Å². The third kappa shape index (κ3) is 3.82. The molecule has 0 bridgehead atoms. The van der Waals surface area contributed by atoms with Gasteiger partial charge in [-0.3, -0.25) is 0 Å². The molecule has 1 aromatic heterocycles. The highest BCUT2D eigenvalue weighted by atomic mass is 15.2. The van der Waals surface area contributed by atoms with E-state index < -0.39 is 0 Å². The summed E-state index contributed by atoms with van der Waals surface area (Å²) in [5, 5.41) is 3.42. The molecule has 1 saturated heterocycles. The largest absolute Gasteiger partial charge is 0.365 e. The second kappa shape index (κ2) is 5.76. The van der Waals surface area contributed by atoms with Crippen molar-refractivity contribution in [1.82, 2.24) is 9.97 Å². The summed E-state index contributed by atoms with van der Waals surface area (Å²) in [4.78, 5) is 11.2. The van der Waals surface area contributed by atoms with Gasteiger partial charge in [0.25, 0.3) is 0 Å². The van der Waals surface area contributed by atoms with Gasteiger partial charge in [0.15, 0.2) is 0 Å². The molecule has 106 valence electrons. The van der Waals surface area contributed by atoms with E-state index in [1.54, 1.807) is 6.33 Å². The number of rotatable bonds is 3. The van der Waals surface area contributed by atoms with Gasteiger partial charge in [0.05, 0.1) is 0 Å². The van der Waals surface area contributed by atoms with E-state index in [1.807, 2.05) is 0 Å². The van der Waals surface area contributed by atoms with Crippen LogP contribution in [0, 0.1) is 0 Å². The maximum Gasteiger partial charge on any atom is 0.134 e. The lowest BCUT2D eigenvalue weighted by atomic mass is 10.00. The monoisotopic (exact) mass is 262 g/mol. The van der Waals surface area contributed by atoms with Crippen LogP contribution < -0.4 is 10.2 Å². The minimum Gasteiger partial charge on any atom is -0.365 e. The minimum absolute atomic E-state index is 0.0255. The Morgan fingerprint density at radius 1 is 1.32 bits per heavy atom. The number of hydrogen-bond donors (Lipinski definition) is 1. The molecule has 2 rings (SSSR count). The van der Waals surface area contributed by atoms with Crippen molar-refractivity contribution in [2.45, 2.75) is 65.0 Å². The first kappa shape index (κ1) is 14.1. The fraction of sp³-hybridized carbons (Fsp3) is 0.733. The van der Waals surface area contributed by atoms with Crippen LogP contribution in [-0.2, 0) is 0 Å². The Kier molecular flexibility index (Phi) is 4.27. The second-order valence-corrected chi connectivity index (χ2v) is 6.39. The summed E-state index contributed by atoms with van der Waals surface area (Å²) in [6.07, 6.45) is 6.75. The lowest BCUT2D eigenvalue weighted by molar-refractivity contribution is 0.446. The van der Waals surface area contributed by atoms with Gasteiger partial charge in [0.1, 0.15) is 18.0 Å². The van der Waals surface area contributed by atoms with Crippen LogP contribution in [0.25, 0.3) is 0 Å². The van der Waals surface area contributed by atoms with Crippen molar-refractivity contribution in [1.29, 1.82) is 0 Å². The van der Waals surface area contributed by atoms with Gasteiger partial charge in [0, 0.05) is 24.2 Å². The summed E-state index contributed by atoms with van der Waals surface area (Å²) in [6.45, 7) is 9.81. The molecule has 1 N–H and O–H groups in total. The van der Waals surface area contributed by atoms with E-state index in [1.165, 1.54) is 25.7 Å². The normalized spacial score (nSPS) is 20.4. The Bertz CT molecular complexity index is 411. The van der Waals surface area contributed by atoms with Crippen LogP contribution in [0.3, 0.4) is 0 Å².